The van der Waals surface area contributed by atoms with Gasteiger partial charge in [-0.05, 0) is 36.9 Å². The van der Waals surface area contributed by atoms with Crippen molar-refractivity contribution in [2.45, 2.75) is 31.6 Å². The van der Waals surface area contributed by atoms with Gasteiger partial charge in [-0.1, -0.05) is 42.8 Å². The number of aryl methyl sites for hydroxylation is 1. The molecule has 2 aromatic carbocycles. The predicted octanol–water partition coefficient (Wildman–Crippen LogP) is 3.11. The van der Waals surface area contributed by atoms with Gasteiger partial charge in [0.05, 0.1) is 12.5 Å². The number of hydrogen-bond acceptors (Lipinski definition) is 7. The molecule has 4 N–H and O–H groups in total. The fourth-order valence-corrected chi connectivity index (χ4v) is 3.74. The number of amides is 4. The number of imide groups is 1. The SMILES string of the molecule is CSc1cccc(NC2NC(=O)N(C[C@H](C)C(=O)ON)C(=O)N2Cc2ccc(C)cc2)c1. The second-order valence-electron chi connectivity index (χ2n) is 7.57. The van der Waals surface area contributed by atoms with Crippen LogP contribution in [-0.4, -0.2) is 46.9 Å². The van der Waals surface area contributed by atoms with E-state index in [0.29, 0.717) is 0 Å². The molecule has 1 aliphatic rings. The molecule has 4 amide bonds. The molecule has 0 aliphatic carbocycles. The first-order valence-electron chi connectivity index (χ1n) is 10.1. The average molecular weight is 458 g/mol. The second kappa shape index (κ2) is 10.4. The number of nitrogens with one attached hydrogen (secondary N) is 2. The van der Waals surface area contributed by atoms with Crippen LogP contribution in [0.4, 0.5) is 15.3 Å². The molecule has 1 fully saturated rings. The zero-order chi connectivity index (χ0) is 23.3. The number of rotatable bonds is 8. The fraction of sp³-hybridized carbons (Fsp3) is 0.318. The zero-order valence-corrected chi connectivity index (χ0v) is 19.0. The van der Waals surface area contributed by atoms with E-state index in [1.165, 1.54) is 11.8 Å². The highest BCUT2D eigenvalue weighted by Crippen LogP contribution is 2.22. The van der Waals surface area contributed by atoms with E-state index in [9.17, 15) is 14.4 Å². The van der Waals surface area contributed by atoms with Crippen LogP contribution >= 0.6 is 11.8 Å². The van der Waals surface area contributed by atoms with Crippen molar-refractivity contribution in [3.63, 3.8) is 0 Å². The number of carbonyl (C=O) groups excluding carboxylic acids is 3. The lowest BCUT2D eigenvalue weighted by molar-refractivity contribution is -0.148. The minimum atomic E-state index is -0.776. The molecule has 1 saturated heterocycles. The highest BCUT2D eigenvalue weighted by atomic mass is 32.2. The number of carbonyl (C=O) groups is 3. The number of nitrogens with two attached hydrogens (primary N) is 1. The van der Waals surface area contributed by atoms with Gasteiger partial charge >= 0.3 is 18.0 Å². The molecule has 1 unspecified atom stereocenters. The van der Waals surface area contributed by atoms with Crippen molar-refractivity contribution in [1.29, 1.82) is 0 Å². The van der Waals surface area contributed by atoms with E-state index in [4.69, 9.17) is 5.90 Å². The van der Waals surface area contributed by atoms with Crippen LogP contribution in [0.25, 0.3) is 0 Å². The van der Waals surface area contributed by atoms with E-state index >= 15 is 0 Å². The third-order valence-corrected chi connectivity index (χ3v) is 5.84. The molecule has 2 aromatic rings. The van der Waals surface area contributed by atoms with Gasteiger partial charge in [0.1, 0.15) is 0 Å². The van der Waals surface area contributed by atoms with Gasteiger partial charge in [0.2, 0.25) is 0 Å². The van der Waals surface area contributed by atoms with Gasteiger partial charge in [-0.15, -0.1) is 11.8 Å². The summed E-state index contributed by atoms with van der Waals surface area (Å²) < 4.78 is 0. The molecule has 0 aromatic heterocycles. The summed E-state index contributed by atoms with van der Waals surface area (Å²) in [5, 5.41) is 6.05. The minimum absolute atomic E-state index is 0.153. The fourth-order valence-electron chi connectivity index (χ4n) is 3.28. The molecule has 0 spiro atoms. The summed E-state index contributed by atoms with van der Waals surface area (Å²) in [5.74, 6) is 3.48. The van der Waals surface area contributed by atoms with Crippen LogP contribution in [0.3, 0.4) is 0 Å². The van der Waals surface area contributed by atoms with Gasteiger partial charge in [-0.3, -0.25) is 15.0 Å². The molecular weight excluding hydrogens is 430 g/mol. The normalized spacial score (nSPS) is 17.1. The lowest BCUT2D eigenvalue weighted by atomic mass is 10.1. The molecule has 9 nitrogen and oxygen atoms in total. The Kier molecular flexibility index (Phi) is 7.60. The highest BCUT2D eigenvalue weighted by Gasteiger charge is 2.39. The van der Waals surface area contributed by atoms with Crippen molar-refractivity contribution in [3.8, 4) is 0 Å². The van der Waals surface area contributed by atoms with E-state index in [-0.39, 0.29) is 13.1 Å². The Hall–Kier alpha value is -3.24. The molecule has 2 atom stereocenters. The predicted molar refractivity (Wildman–Crippen MR) is 122 cm³/mol. The van der Waals surface area contributed by atoms with Gasteiger partial charge < -0.3 is 10.2 Å². The number of benzene rings is 2. The van der Waals surface area contributed by atoms with Crippen LogP contribution in [0, 0.1) is 12.8 Å². The molecule has 0 bridgehead atoms. The Morgan fingerprint density at radius 2 is 1.97 bits per heavy atom. The molecule has 0 radical (unpaired) electrons. The first-order valence-corrected chi connectivity index (χ1v) is 11.3. The third kappa shape index (κ3) is 5.51. The molecule has 1 aliphatic heterocycles. The maximum absolute atomic E-state index is 13.3. The van der Waals surface area contributed by atoms with Crippen molar-refractivity contribution in [2.75, 3.05) is 18.1 Å². The lowest BCUT2D eigenvalue weighted by Gasteiger charge is -2.41. The Labute approximate surface area is 191 Å². The first kappa shape index (κ1) is 23.4. The summed E-state index contributed by atoms with van der Waals surface area (Å²) in [6, 6.07) is 14.3. The van der Waals surface area contributed by atoms with E-state index in [1.54, 1.807) is 11.8 Å². The molecule has 10 heteroatoms. The van der Waals surface area contributed by atoms with Gasteiger partial charge in [0.25, 0.3) is 0 Å². The van der Waals surface area contributed by atoms with Crippen LogP contribution in [0.15, 0.2) is 53.4 Å². The third-order valence-electron chi connectivity index (χ3n) is 5.12. The van der Waals surface area contributed by atoms with Crippen molar-refractivity contribution in [2.24, 2.45) is 11.8 Å². The Morgan fingerprint density at radius 3 is 2.62 bits per heavy atom. The molecule has 3 rings (SSSR count). The number of hydrogen-bond donors (Lipinski definition) is 3. The van der Waals surface area contributed by atoms with E-state index < -0.39 is 30.2 Å². The van der Waals surface area contributed by atoms with Crippen LogP contribution in [-0.2, 0) is 16.2 Å². The van der Waals surface area contributed by atoms with Crippen LogP contribution in [0.2, 0.25) is 0 Å². The number of nitrogens with zero attached hydrogens (tertiary/aromatic N) is 2. The van der Waals surface area contributed by atoms with Crippen LogP contribution in [0.5, 0.6) is 0 Å². The topological polar surface area (TPSA) is 117 Å². The van der Waals surface area contributed by atoms with E-state index in [0.717, 1.165) is 26.6 Å². The molecule has 1 heterocycles. The smallest absolute Gasteiger partial charge is 0.331 e. The zero-order valence-electron chi connectivity index (χ0n) is 18.2. The average Bonchev–Trinajstić information content (AvgIpc) is 2.79. The maximum atomic E-state index is 13.3. The highest BCUT2D eigenvalue weighted by molar-refractivity contribution is 7.98. The van der Waals surface area contributed by atoms with E-state index in [1.807, 2.05) is 61.7 Å². The summed E-state index contributed by atoms with van der Waals surface area (Å²) in [4.78, 5) is 45.6. The Bertz CT molecular complexity index is 985. The molecular formula is C22H27N5O4S. The quantitative estimate of drug-likeness (QED) is 0.412. The van der Waals surface area contributed by atoms with Crippen molar-refractivity contribution >= 4 is 35.5 Å². The van der Waals surface area contributed by atoms with E-state index in [2.05, 4.69) is 15.5 Å². The van der Waals surface area contributed by atoms with Gasteiger partial charge in [-0.25, -0.2) is 14.5 Å². The largest absolute Gasteiger partial charge is 0.373 e. The number of urea groups is 2. The summed E-state index contributed by atoms with van der Waals surface area (Å²) in [6.45, 7) is 3.63. The van der Waals surface area contributed by atoms with Crippen molar-refractivity contribution < 1.29 is 19.2 Å². The number of anilines is 1. The standard InChI is InChI=1S/C22H27N5O4S/c1-14-7-9-16(10-8-14)13-26-20(24-17-5-4-6-18(11-17)32-3)25-21(29)27(22(26)30)12-15(2)19(28)31-23/h4-11,15,20,24H,12-13,23H2,1-3H3,(H,25,29)/t15-,20?/m0/s1. The minimum Gasteiger partial charge on any atom is -0.373 e. The first-order chi connectivity index (χ1) is 15.3. The Balaban J connectivity index is 1.87. The maximum Gasteiger partial charge on any atom is 0.331 e. The molecule has 32 heavy (non-hydrogen) atoms. The summed E-state index contributed by atoms with van der Waals surface area (Å²) in [7, 11) is 0. The number of thioether (sulfide) groups is 1. The molecule has 170 valence electrons. The second-order valence-corrected chi connectivity index (χ2v) is 8.45. The monoisotopic (exact) mass is 457 g/mol. The van der Waals surface area contributed by atoms with Crippen molar-refractivity contribution in [1.82, 2.24) is 15.1 Å². The molecule has 0 saturated carbocycles. The van der Waals surface area contributed by atoms with Crippen LogP contribution in [0.1, 0.15) is 18.1 Å². The van der Waals surface area contributed by atoms with Gasteiger partial charge in [0, 0.05) is 17.1 Å². The lowest BCUT2D eigenvalue weighted by Crippen LogP contribution is -2.67. The van der Waals surface area contributed by atoms with Gasteiger partial charge in [0.15, 0.2) is 6.29 Å². The summed E-state index contributed by atoms with van der Waals surface area (Å²) >= 11 is 1.59. The van der Waals surface area contributed by atoms with Gasteiger partial charge in [-0.2, -0.15) is 5.90 Å². The summed E-state index contributed by atoms with van der Waals surface area (Å²) in [5.41, 5.74) is 2.77. The summed E-state index contributed by atoms with van der Waals surface area (Å²) in [6.07, 6.45) is 1.20. The van der Waals surface area contributed by atoms with Crippen molar-refractivity contribution in [3.05, 3.63) is 59.7 Å². The van der Waals surface area contributed by atoms with Crippen LogP contribution < -0.4 is 16.5 Å². The Morgan fingerprint density at radius 1 is 1.25 bits per heavy atom.